The van der Waals surface area contributed by atoms with Gasteiger partial charge in [0.15, 0.2) is 0 Å². The Morgan fingerprint density at radius 2 is 2.33 bits per heavy atom. The zero-order valence-electron chi connectivity index (χ0n) is 5.92. The van der Waals surface area contributed by atoms with Crippen molar-refractivity contribution >= 4 is 11.8 Å². The molecule has 0 rings (SSSR count). The summed E-state index contributed by atoms with van der Waals surface area (Å²) in [6.45, 7) is 1.88. The van der Waals surface area contributed by atoms with E-state index in [1.54, 1.807) is 11.8 Å². The van der Waals surface area contributed by atoms with Crippen molar-refractivity contribution in [3.05, 3.63) is 11.1 Å². The van der Waals surface area contributed by atoms with Crippen molar-refractivity contribution in [2.75, 3.05) is 13.4 Å². The second kappa shape index (κ2) is 4.67. The summed E-state index contributed by atoms with van der Waals surface area (Å²) in [7, 11) is 1.53. The summed E-state index contributed by atoms with van der Waals surface area (Å²) in [6, 6.07) is 0. The SMILES string of the molecule is CON(N)/C(C)=C\SC. The molecular weight excluding hydrogens is 136 g/mol. The van der Waals surface area contributed by atoms with E-state index in [0.29, 0.717) is 0 Å². The monoisotopic (exact) mass is 148 g/mol. The van der Waals surface area contributed by atoms with Crippen LogP contribution in [0.15, 0.2) is 11.1 Å². The number of allylic oxidation sites excluding steroid dienone is 1. The van der Waals surface area contributed by atoms with Crippen LogP contribution in [0.3, 0.4) is 0 Å². The second-order valence-electron chi connectivity index (χ2n) is 1.50. The first-order valence-corrected chi connectivity index (χ1v) is 3.79. The van der Waals surface area contributed by atoms with Gasteiger partial charge in [-0.25, -0.2) is 5.84 Å². The van der Waals surface area contributed by atoms with Gasteiger partial charge in [-0.15, -0.1) is 11.8 Å². The normalized spacial score (nSPS) is 11.8. The average Bonchev–Trinajstić information content (AvgIpc) is 1.87. The fraction of sp³-hybridized carbons (Fsp3) is 0.600. The molecule has 2 N–H and O–H groups in total. The highest BCUT2D eigenvalue weighted by atomic mass is 32.2. The maximum Gasteiger partial charge on any atom is 0.0656 e. The first-order valence-electron chi connectivity index (χ1n) is 2.51. The molecule has 0 bridgehead atoms. The smallest absolute Gasteiger partial charge is 0.0656 e. The molecule has 0 aliphatic heterocycles. The van der Waals surface area contributed by atoms with Crippen LogP contribution in [0, 0.1) is 0 Å². The fourth-order valence-electron chi connectivity index (χ4n) is 0.366. The van der Waals surface area contributed by atoms with Crippen molar-refractivity contribution < 1.29 is 4.84 Å². The van der Waals surface area contributed by atoms with Crippen LogP contribution >= 0.6 is 11.8 Å². The minimum atomic E-state index is 0.894. The molecule has 0 aromatic carbocycles. The Morgan fingerprint density at radius 1 is 1.78 bits per heavy atom. The van der Waals surface area contributed by atoms with Crippen LogP contribution in [0.4, 0.5) is 0 Å². The summed E-state index contributed by atoms with van der Waals surface area (Å²) in [6.07, 6.45) is 1.97. The lowest BCUT2D eigenvalue weighted by molar-refractivity contribution is -0.102. The van der Waals surface area contributed by atoms with Crippen LogP contribution in [-0.4, -0.2) is 18.5 Å². The predicted octanol–water partition coefficient (Wildman–Crippen LogP) is 0.948. The highest BCUT2D eigenvalue weighted by molar-refractivity contribution is 8.01. The van der Waals surface area contributed by atoms with Crippen LogP contribution in [-0.2, 0) is 4.84 Å². The predicted molar refractivity (Wildman–Crippen MR) is 40.3 cm³/mol. The molecule has 0 saturated heterocycles. The van der Waals surface area contributed by atoms with Gasteiger partial charge in [0.25, 0.3) is 0 Å². The molecular formula is C5H12N2OS. The molecule has 4 heteroatoms. The van der Waals surface area contributed by atoms with Crippen LogP contribution in [0.1, 0.15) is 6.92 Å². The number of rotatable bonds is 3. The highest BCUT2D eigenvalue weighted by Crippen LogP contribution is 2.03. The number of thioether (sulfide) groups is 1. The first-order chi connectivity index (χ1) is 4.22. The molecule has 0 aromatic rings. The van der Waals surface area contributed by atoms with Gasteiger partial charge in [0.05, 0.1) is 12.8 Å². The summed E-state index contributed by atoms with van der Waals surface area (Å²) in [4.78, 5) is 4.69. The zero-order valence-corrected chi connectivity index (χ0v) is 6.73. The number of hydroxylamine groups is 1. The molecule has 0 radical (unpaired) electrons. The van der Waals surface area contributed by atoms with Gasteiger partial charge in [-0.1, -0.05) is 0 Å². The first kappa shape index (κ1) is 8.81. The Bertz CT molecular complexity index is 105. The Labute approximate surface area is 59.8 Å². The van der Waals surface area contributed by atoms with Crippen LogP contribution in [0.5, 0.6) is 0 Å². The van der Waals surface area contributed by atoms with E-state index < -0.39 is 0 Å². The van der Waals surface area contributed by atoms with E-state index in [1.165, 1.54) is 12.3 Å². The van der Waals surface area contributed by atoms with Crippen LogP contribution in [0.25, 0.3) is 0 Å². The fourth-order valence-corrected chi connectivity index (χ4v) is 0.811. The molecule has 0 amide bonds. The van der Waals surface area contributed by atoms with E-state index >= 15 is 0 Å². The van der Waals surface area contributed by atoms with E-state index in [2.05, 4.69) is 0 Å². The summed E-state index contributed by atoms with van der Waals surface area (Å²) in [5, 5.41) is 3.12. The molecule has 3 nitrogen and oxygen atoms in total. The number of nitrogens with zero attached hydrogens (tertiary/aromatic N) is 1. The average molecular weight is 148 g/mol. The molecule has 0 heterocycles. The molecule has 0 fully saturated rings. The summed E-state index contributed by atoms with van der Waals surface area (Å²) in [5.74, 6) is 5.33. The quantitative estimate of drug-likeness (QED) is 0.477. The minimum Gasteiger partial charge on any atom is -0.262 e. The molecule has 0 aliphatic carbocycles. The van der Waals surface area contributed by atoms with Gasteiger partial charge in [-0.05, 0) is 18.6 Å². The Kier molecular flexibility index (Phi) is 4.57. The molecule has 54 valence electrons. The molecule has 9 heavy (non-hydrogen) atoms. The highest BCUT2D eigenvalue weighted by Gasteiger charge is 1.93. The number of nitrogens with two attached hydrogens (primary N) is 1. The maximum atomic E-state index is 5.33. The molecule has 0 unspecified atom stereocenters. The standard InChI is InChI=1S/C5H12N2OS/c1-5(4-9-3)7(6)8-2/h4H,6H2,1-3H3/b5-4-. The van der Waals surface area contributed by atoms with Crippen LogP contribution < -0.4 is 5.84 Å². The third-order valence-corrected chi connectivity index (χ3v) is 1.41. The third kappa shape index (κ3) is 3.40. The minimum absolute atomic E-state index is 0.894. The van der Waals surface area contributed by atoms with E-state index in [-0.39, 0.29) is 0 Å². The van der Waals surface area contributed by atoms with E-state index in [9.17, 15) is 0 Å². The van der Waals surface area contributed by atoms with Crippen molar-refractivity contribution in [3.63, 3.8) is 0 Å². The lowest BCUT2D eigenvalue weighted by Crippen LogP contribution is -2.27. The van der Waals surface area contributed by atoms with Crippen molar-refractivity contribution in [1.82, 2.24) is 5.17 Å². The number of hydrogen-bond acceptors (Lipinski definition) is 4. The van der Waals surface area contributed by atoms with Gasteiger partial charge in [0.2, 0.25) is 0 Å². The van der Waals surface area contributed by atoms with E-state index in [0.717, 1.165) is 5.70 Å². The van der Waals surface area contributed by atoms with Gasteiger partial charge < -0.3 is 0 Å². The number of hydrazine groups is 1. The van der Waals surface area contributed by atoms with Gasteiger partial charge in [-0.3, -0.25) is 4.84 Å². The van der Waals surface area contributed by atoms with Crippen molar-refractivity contribution in [3.8, 4) is 0 Å². The van der Waals surface area contributed by atoms with Gasteiger partial charge in [0, 0.05) is 0 Å². The van der Waals surface area contributed by atoms with Crippen molar-refractivity contribution in [2.24, 2.45) is 5.84 Å². The number of hydrogen-bond donors (Lipinski definition) is 1. The lowest BCUT2D eigenvalue weighted by atomic mass is 10.6. The third-order valence-electron chi connectivity index (χ3n) is 0.833. The zero-order chi connectivity index (χ0) is 7.28. The Morgan fingerprint density at radius 3 is 2.67 bits per heavy atom. The maximum absolute atomic E-state index is 5.33. The van der Waals surface area contributed by atoms with E-state index in [1.807, 2.05) is 18.6 Å². The van der Waals surface area contributed by atoms with Gasteiger partial charge >= 0.3 is 0 Å². The molecule has 0 aromatic heterocycles. The van der Waals surface area contributed by atoms with E-state index in [4.69, 9.17) is 10.7 Å². The topological polar surface area (TPSA) is 38.5 Å². The van der Waals surface area contributed by atoms with Gasteiger partial charge in [0.1, 0.15) is 0 Å². The lowest BCUT2D eigenvalue weighted by Gasteiger charge is -2.14. The summed E-state index contributed by atoms with van der Waals surface area (Å²) >= 11 is 1.59. The summed E-state index contributed by atoms with van der Waals surface area (Å²) in [5.41, 5.74) is 0.894. The molecule has 0 atom stereocenters. The Hall–Kier alpha value is -0.190. The Balaban J connectivity index is 3.70. The largest absolute Gasteiger partial charge is 0.262 e. The second-order valence-corrected chi connectivity index (χ2v) is 2.21. The molecule has 0 spiro atoms. The van der Waals surface area contributed by atoms with Crippen molar-refractivity contribution in [2.45, 2.75) is 6.92 Å². The van der Waals surface area contributed by atoms with Crippen molar-refractivity contribution in [1.29, 1.82) is 0 Å². The van der Waals surface area contributed by atoms with Gasteiger partial charge in [-0.2, -0.15) is 5.17 Å². The molecule has 0 aliphatic rings. The summed E-state index contributed by atoms with van der Waals surface area (Å²) < 4.78 is 0. The molecule has 0 saturated carbocycles. The van der Waals surface area contributed by atoms with Crippen LogP contribution in [0.2, 0.25) is 0 Å².